The third-order valence-electron chi connectivity index (χ3n) is 2.26. The molecule has 0 unspecified atom stereocenters. The van der Waals surface area contributed by atoms with E-state index in [1.807, 2.05) is 4.90 Å². The monoisotopic (exact) mass is 238 g/mol. The van der Waals surface area contributed by atoms with Crippen LogP contribution in [0.1, 0.15) is 44.1 Å². The third kappa shape index (κ3) is 4.21. The first kappa shape index (κ1) is 13.7. The number of oxazole rings is 1. The summed E-state index contributed by atoms with van der Waals surface area (Å²) >= 11 is 0. The molecule has 0 aromatic carbocycles. The van der Waals surface area contributed by atoms with Crippen LogP contribution in [0.4, 0.5) is 0 Å². The van der Waals surface area contributed by atoms with Gasteiger partial charge in [-0.05, 0) is 18.8 Å². The molecule has 0 spiro atoms. The van der Waals surface area contributed by atoms with Crippen molar-refractivity contribution in [2.45, 2.75) is 34.6 Å². The summed E-state index contributed by atoms with van der Waals surface area (Å²) in [6.07, 6.45) is 1.58. The molecular formula is C13H22N2O2. The lowest BCUT2D eigenvalue weighted by Crippen LogP contribution is -2.37. The van der Waals surface area contributed by atoms with Crippen LogP contribution in [-0.2, 0) is 0 Å². The summed E-state index contributed by atoms with van der Waals surface area (Å²) < 4.78 is 5.29. The van der Waals surface area contributed by atoms with E-state index in [2.05, 4.69) is 32.7 Å². The number of hydrogen-bond donors (Lipinski definition) is 0. The average molecular weight is 238 g/mol. The molecule has 96 valence electrons. The first-order valence-electron chi connectivity index (χ1n) is 6.11. The summed E-state index contributed by atoms with van der Waals surface area (Å²) in [5, 5.41) is 0. The minimum atomic E-state index is -0.111. The van der Waals surface area contributed by atoms with Gasteiger partial charge in [-0.1, -0.05) is 27.7 Å². The third-order valence-corrected chi connectivity index (χ3v) is 2.26. The van der Waals surface area contributed by atoms with E-state index in [-0.39, 0.29) is 11.8 Å². The van der Waals surface area contributed by atoms with E-state index in [1.54, 1.807) is 13.1 Å². The Bertz CT molecular complexity index is 359. The number of aromatic nitrogens is 1. The number of amides is 1. The lowest BCUT2D eigenvalue weighted by Gasteiger charge is -2.24. The second-order valence-corrected chi connectivity index (χ2v) is 5.27. The van der Waals surface area contributed by atoms with E-state index in [0.717, 1.165) is 13.1 Å². The molecule has 0 saturated heterocycles. The Morgan fingerprint density at radius 1 is 1.29 bits per heavy atom. The van der Waals surface area contributed by atoms with Crippen molar-refractivity contribution in [3.8, 4) is 0 Å². The van der Waals surface area contributed by atoms with E-state index in [0.29, 0.717) is 17.6 Å². The van der Waals surface area contributed by atoms with E-state index in [4.69, 9.17) is 4.42 Å². The van der Waals surface area contributed by atoms with Crippen LogP contribution in [0.15, 0.2) is 10.6 Å². The summed E-state index contributed by atoms with van der Waals surface area (Å²) in [7, 11) is 0. The minimum Gasteiger partial charge on any atom is -0.438 e. The lowest BCUT2D eigenvalue weighted by molar-refractivity contribution is 0.0673. The smallest absolute Gasteiger partial charge is 0.309 e. The summed E-state index contributed by atoms with van der Waals surface area (Å²) in [6.45, 7) is 11.7. The van der Waals surface area contributed by atoms with Gasteiger partial charge in [-0.3, -0.25) is 4.79 Å². The molecule has 1 amide bonds. The largest absolute Gasteiger partial charge is 0.438 e. The maximum atomic E-state index is 12.2. The van der Waals surface area contributed by atoms with Gasteiger partial charge in [-0.2, -0.15) is 0 Å². The van der Waals surface area contributed by atoms with E-state index < -0.39 is 0 Å². The topological polar surface area (TPSA) is 46.3 Å². The van der Waals surface area contributed by atoms with Gasteiger partial charge < -0.3 is 9.32 Å². The Balaban J connectivity index is 2.78. The molecular weight excluding hydrogens is 216 g/mol. The average Bonchev–Trinajstić information content (AvgIpc) is 2.61. The number of hydrogen-bond acceptors (Lipinski definition) is 3. The van der Waals surface area contributed by atoms with Crippen molar-refractivity contribution in [2.24, 2.45) is 11.8 Å². The molecule has 17 heavy (non-hydrogen) atoms. The number of carbonyl (C=O) groups excluding carboxylic acids is 1. The number of aryl methyl sites for hydroxylation is 1. The maximum Gasteiger partial charge on any atom is 0.309 e. The van der Waals surface area contributed by atoms with Gasteiger partial charge in [0.05, 0.1) is 6.20 Å². The van der Waals surface area contributed by atoms with Crippen LogP contribution in [0, 0.1) is 18.8 Å². The molecule has 0 aliphatic carbocycles. The summed E-state index contributed by atoms with van der Waals surface area (Å²) in [4.78, 5) is 18.0. The van der Waals surface area contributed by atoms with Gasteiger partial charge in [0.1, 0.15) is 5.76 Å². The molecule has 0 aliphatic rings. The predicted octanol–water partition coefficient (Wildman–Crippen LogP) is 2.74. The van der Waals surface area contributed by atoms with Gasteiger partial charge in [0.15, 0.2) is 0 Å². The first-order chi connectivity index (χ1) is 7.90. The van der Waals surface area contributed by atoms with Crippen molar-refractivity contribution in [2.75, 3.05) is 13.1 Å². The van der Waals surface area contributed by atoms with Crippen LogP contribution in [0.3, 0.4) is 0 Å². The zero-order valence-corrected chi connectivity index (χ0v) is 11.4. The Morgan fingerprint density at radius 2 is 1.82 bits per heavy atom. The highest BCUT2D eigenvalue weighted by Gasteiger charge is 2.21. The van der Waals surface area contributed by atoms with Gasteiger partial charge in [-0.25, -0.2) is 4.98 Å². The van der Waals surface area contributed by atoms with Crippen molar-refractivity contribution in [1.29, 1.82) is 0 Å². The summed E-state index contributed by atoms with van der Waals surface area (Å²) in [5.41, 5.74) is 0. The van der Waals surface area contributed by atoms with Gasteiger partial charge in [-0.15, -0.1) is 0 Å². The van der Waals surface area contributed by atoms with E-state index >= 15 is 0 Å². The van der Waals surface area contributed by atoms with Gasteiger partial charge in [0.25, 0.3) is 5.89 Å². The standard InChI is InChI=1S/C13H22N2O2/c1-9(2)7-15(8-10(3)4)13(16)12-14-6-11(5)17-12/h6,9-10H,7-8H2,1-5H3. The summed E-state index contributed by atoms with van der Waals surface area (Å²) in [5.74, 6) is 1.63. The van der Waals surface area contributed by atoms with Crippen molar-refractivity contribution < 1.29 is 9.21 Å². The fourth-order valence-corrected chi connectivity index (χ4v) is 1.71. The van der Waals surface area contributed by atoms with Crippen molar-refractivity contribution >= 4 is 5.91 Å². The minimum absolute atomic E-state index is 0.111. The molecule has 1 rings (SSSR count). The lowest BCUT2D eigenvalue weighted by atomic mass is 10.1. The fraction of sp³-hybridized carbons (Fsp3) is 0.692. The molecule has 0 fully saturated rings. The zero-order valence-electron chi connectivity index (χ0n) is 11.4. The van der Waals surface area contributed by atoms with Crippen molar-refractivity contribution in [3.05, 3.63) is 17.8 Å². The zero-order chi connectivity index (χ0) is 13.0. The first-order valence-corrected chi connectivity index (χ1v) is 6.11. The molecule has 0 aliphatic heterocycles. The molecule has 0 saturated carbocycles. The molecule has 0 atom stereocenters. The van der Waals surface area contributed by atoms with Crippen LogP contribution >= 0.6 is 0 Å². The van der Waals surface area contributed by atoms with Crippen LogP contribution in [0.2, 0.25) is 0 Å². The second-order valence-electron chi connectivity index (χ2n) is 5.27. The van der Waals surface area contributed by atoms with Gasteiger partial charge >= 0.3 is 5.91 Å². The Hall–Kier alpha value is -1.32. The second kappa shape index (κ2) is 5.84. The fourth-order valence-electron chi connectivity index (χ4n) is 1.71. The number of nitrogens with zero attached hydrogens (tertiary/aromatic N) is 2. The Kier molecular flexibility index (Phi) is 4.73. The quantitative estimate of drug-likeness (QED) is 0.792. The molecule has 1 aromatic rings. The Labute approximate surface area is 103 Å². The predicted molar refractivity (Wildman–Crippen MR) is 66.8 cm³/mol. The number of rotatable bonds is 5. The highest BCUT2D eigenvalue weighted by Crippen LogP contribution is 2.10. The van der Waals surface area contributed by atoms with Gasteiger partial charge in [0.2, 0.25) is 0 Å². The molecule has 1 heterocycles. The van der Waals surface area contributed by atoms with Crippen molar-refractivity contribution in [1.82, 2.24) is 9.88 Å². The normalized spacial score (nSPS) is 11.2. The van der Waals surface area contributed by atoms with Crippen LogP contribution < -0.4 is 0 Å². The summed E-state index contributed by atoms with van der Waals surface area (Å²) in [6, 6.07) is 0. The van der Waals surface area contributed by atoms with Crippen LogP contribution in [0.5, 0.6) is 0 Å². The number of carbonyl (C=O) groups is 1. The van der Waals surface area contributed by atoms with E-state index in [9.17, 15) is 4.79 Å². The van der Waals surface area contributed by atoms with Crippen LogP contribution in [0.25, 0.3) is 0 Å². The molecule has 1 aromatic heterocycles. The maximum absolute atomic E-state index is 12.2. The van der Waals surface area contributed by atoms with Crippen molar-refractivity contribution in [3.63, 3.8) is 0 Å². The van der Waals surface area contributed by atoms with E-state index in [1.165, 1.54) is 0 Å². The SMILES string of the molecule is Cc1cnc(C(=O)N(CC(C)C)CC(C)C)o1. The molecule has 0 bridgehead atoms. The molecule has 4 nitrogen and oxygen atoms in total. The molecule has 0 N–H and O–H groups in total. The highest BCUT2D eigenvalue weighted by molar-refractivity contribution is 5.89. The Morgan fingerprint density at radius 3 is 2.18 bits per heavy atom. The molecule has 0 radical (unpaired) electrons. The van der Waals surface area contributed by atoms with Gasteiger partial charge in [0, 0.05) is 13.1 Å². The molecule has 4 heteroatoms. The highest BCUT2D eigenvalue weighted by atomic mass is 16.4. The van der Waals surface area contributed by atoms with Crippen LogP contribution in [-0.4, -0.2) is 28.9 Å².